The van der Waals surface area contributed by atoms with E-state index in [1.54, 1.807) is 0 Å². The van der Waals surface area contributed by atoms with E-state index >= 15 is 0 Å². The summed E-state index contributed by atoms with van der Waals surface area (Å²) in [6.07, 6.45) is 3.36. The second-order valence-electron chi connectivity index (χ2n) is 4.62. The molecule has 0 amide bonds. The lowest BCUT2D eigenvalue weighted by molar-refractivity contribution is 0.184. The smallest absolute Gasteiger partial charge is 0.124 e. The number of nitrogens with zero attached hydrogens (tertiary/aromatic N) is 1. The molecule has 98 valence electrons. The Morgan fingerprint density at radius 2 is 2.28 bits per heavy atom. The molecule has 1 saturated heterocycles. The average Bonchev–Trinajstić information content (AvgIpc) is 2.33. The van der Waals surface area contributed by atoms with Crippen molar-refractivity contribution in [2.45, 2.75) is 31.8 Å². The van der Waals surface area contributed by atoms with Crippen LogP contribution in [0.15, 0.2) is 22.7 Å². The Bertz CT molecular complexity index is 453. The maximum absolute atomic E-state index is 13.0. The molecule has 0 saturated carbocycles. The number of hydrogen-bond acceptors (Lipinski definition) is 2. The van der Waals surface area contributed by atoms with Gasteiger partial charge in [0.1, 0.15) is 5.82 Å². The van der Waals surface area contributed by atoms with Gasteiger partial charge in [-0.15, -0.1) is 0 Å². The summed E-state index contributed by atoms with van der Waals surface area (Å²) in [6.45, 7) is 1.74. The summed E-state index contributed by atoms with van der Waals surface area (Å²) in [5.74, 6) is -0.227. The van der Waals surface area contributed by atoms with Crippen molar-refractivity contribution in [2.75, 3.05) is 6.54 Å². The SMILES string of the molecule is NC(=S)C1CCCCN1Cc1ccc(F)cc1Br. The molecule has 0 aliphatic carbocycles. The van der Waals surface area contributed by atoms with E-state index in [0.29, 0.717) is 4.99 Å². The van der Waals surface area contributed by atoms with Crippen molar-refractivity contribution >= 4 is 33.1 Å². The minimum absolute atomic E-state index is 0.172. The molecule has 18 heavy (non-hydrogen) atoms. The Balaban J connectivity index is 2.13. The molecule has 0 aromatic heterocycles. The number of nitrogens with two attached hydrogens (primary N) is 1. The van der Waals surface area contributed by atoms with Gasteiger partial charge in [-0.3, -0.25) is 4.90 Å². The highest BCUT2D eigenvalue weighted by Gasteiger charge is 2.24. The predicted molar refractivity (Wildman–Crippen MR) is 78.9 cm³/mol. The Labute approximate surface area is 120 Å². The molecule has 1 aromatic carbocycles. The van der Waals surface area contributed by atoms with Gasteiger partial charge in [-0.1, -0.05) is 40.6 Å². The van der Waals surface area contributed by atoms with Gasteiger partial charge < -0.3 is 5.73 Å². The lowest BCUT2D eigenvalue weighted by Crippen LogP contribution is -2.46. The number of likely N-dealkylation sites (tertiary alicyclic amines) is 1. The van der Waals surface area contributed by atoms with Crippen LogP contribution in [-0.2, 0) is 6.54 Å². The van der Waals surface area contributed by atoms with Crippen LogP contribution in [0.2, 0.25) is 0 Å². The summed E-state index contributed by atoms with van der Waals surface area (Å²) in [5, 5.41) is 0. The van der Waals surface area contributed by atoms with Crippen molar-refractivity contribution in [3.63, 3.8) is 0 Å². The summed E-state index contributed by atoms with van der Waals surface area (Å²) in [4.78, 5) is 2.84. The van der Waals surface area contributed by atoms with Gasteiger partial charge in [-0.2, -0.15) is 0 Å². The van der Waals surface area contributed by atoms with Crippen molar-refractivity contribution in [1.29, 1.82) is 0 Å². The van der Waals surface area contributed by atoms with Crippen LogP contribution in [0.4, 0.5) is 4.39 Å². The zero-order chi connectivity index (χ0) is 13.1. The Kier molecular flexibility index (Phi) is 4.70. The zero-order valence-corrected chi connectivity index (χ0v) is 12.4. The molecule has 2 nitrogen and oxygen atoms in total. The molecule has 0 spiro atoms. The van der Waals surface area contributed by atoms with Crippen LogP contribution in [0.1, 0.15) is 24.8 Å². The van der Waals surface area contributed by atoms with Gasteiger partial charge in [0.2, 0.25) is 0 Å². The molecule has 1 aliphatic rings. The van der Waals surface area contributed by atoms with Gasteiger partial charge in [-0.05, 0) is 37.1 Å². The maximum Gasteiger partial charge on any atom is 0.124 e. The molecule has 0 radical (unpaired) electrons. The topological polar surface area (TPSA) is 29.3 Å². The van der Waals surface area contributed by atoms with Crippen molar-refractivity contribution in [3.05, 3.63) is 34.1 Å². The fraction of sp³-hybridized carbons (Fsp3) is 0.462. The first-order chi connectivity index (χ1) is 8.58. The van der Waals surface area contributed by atoms with E-state index in [-0.39, 0.29) is 11.9 Å². The molecular weight excluding hydrogens is 315 g/mol. The first-order valence-corrected chi connectivity index (χ1v) is 7.25. The van der Waals surface area contributed by atoms with E-state index in [1.165, 1.54) is 18.6 Å². The Morgan fingerprint density at radius 1 is 1.50 bits per heavy atom. The second kappa shape index (κ2) is 6.08. The van der Waals surface area contributed by atoms with Crippen LogP contribution in [-0.4, -0.2) is 22.5 Å². The molecule has 1 fully saturated rings. The number of hydrogen-bond donors (Lipinski definition) is 1. The normalized spacial score (nSPS) is 20.9. The van der Waals surface area contributed by atoms with E-state index in [1.807, 2.05) is 6.07 Å². The fourth-order valence-electron chi connectivity index (χ4n) is 2.37. The summed E-state index contributed by atoms with van der Waals surface area (Å²) < 4.78 is 13.8. The standard InChI is InChI=1S/C13H16BrFN2S/c14-11-7-10(15)5-4-9(11)8-17-6-2-1-3-12(17)13(16)18/h4-5,7,12H,1-3,6,8H2,(H2,16,18). The van der Waals surface area contributed by atoms with E-state index < -0.39 is 0 Å². The fourth-order valence-corrected chi connectivity index (χ4v) is 3.11. The van der Waals surface area contributed by atoms with E-state index in [0.717, 1.165) is 36.0 Å². The number of rotatable bonds is 3. The highest BCUT2D eigenvalue weighted by Crippen LogP contribution is 2.24. The molecular formula is C13H16BrFN2S. The van der Waals surface area contributed by atoms with Crippen molar-refractivity contribution in [3.8, 4) is 0 Å². The molecule has 1 aromatic rings. The van der Waals surface area contributed by atoms with Crippen LogP contribution in [0.25, 0.3) is 0 Å². The number of piperidine rings is 1. The lowest BCUT2D eigenvalue weighted by Gasteiger charge is -2.35. The molecule has 0 bridgehead atoms. The highest BCUT2D eigenvalue weighted by molar-refractivity contribution is 9.10. The van der Waals surface area contributed by atoms with Gasteiger partial charge in [0, 0.05) is 11.0 Å². The second-order valence-corrected chi connectivity index (χ2v) is 5.95. The van der Waals surface area contributed by atoms with Crippen LogP contribution >= 0.6 is 28.1 Å². The Morgan fingerprint density at radius 3 is 2.94 bits per heavy atom. The molecule has 1 unspecified atom stereocenters. The molecule has 1 heterocycles. The molecule has 5 heteroatoms. The van der Waals surface area contributed by atoms with Crippen LogP contribution in [0.5, 0.6) is 0 Å². The van der Waals surface area contributed by atoms with E-state index in [4.69, 9.17) is 18.0 Å². The summed E-state index contributed by atoms with van der Waals surface area (Å²) in [7, 11) is 0. The van der Waals surface area contributed by atoms with Crippen LogP contribution in [0.3, 0.4) is 0 Å². The van der Waals surface area contributed by atoms with Crippen LogP contribution in [0, 0.1) is 5.82 Å². The van der Waals surface area contributed by atoms with Gasteiger partial charge in [0.25, 0.3) is 0 Å². The first kappa shape index (κ1) is 13.9. The third kappa shape index (κ3) is 3.28. The van der Waals surface area contributed by atoms with Gasteiger partial charge in [0.05, 0.1) is 11.0 Å². The third-order valence-electron chi connectivity index (χ3n) is 3.33. The highest BCUT2D eigenvalue weighted by atomic mass is 79.9. The number of halogens is 2. The largest absolute Gasteiger partial charge is 0.392 e. The lowest BCUT2D eigenvalue weighted by atomic mass is 10.0. The van der Waals surface area contributed by atoms with E-state index in [2.05, 4.69) is 20.8 Å². The van der Waals surface area contributed by atoms with Gasteiger partial charge in [-0.25, -0.2) is 4.39 Å². The van der Waals surface area contributed by atoms with Gasteiger partial charge >= 0.3 is 0 Å². The summed E-state index contributed by atoms with van der Waals surface area (Å²) in [6, 6.07) is 4.96. The molecule has 2 rings (SSSR count). The quantitative estimate of drug-likeness (QED) is 0.863. The molecule has 1 atom stereocenters. The minimum atomic E-state index is -0.227. The van der Waals surface area contributed by atoms with E-state index in [9.17, 15) is 4.39 Å². The molecule has 1 aliphatic heterocycles. The third-order valence-corrected chi connectivity index (χ3v) is 4.34. The number of thiocarbonyl (C=S) groups is 1. The number of benzene rings is 1. The van der Waals surface area contributed by atoms with Crippen molar-refractivity contribution < 1.29 is 4.39 Å². The van der Waals surface area contributed by atoms with Crippen molar-refractivity contribution in [2.24, 2.45) is 5.73 Å². The molecule has 2 N–H and O–H groups in total. The monoisotopic (exact) mass is 330 g/mol. The summed E-state index contributed by atoms with van der Waals surface area (Å²) >= 11 is 8.53. The predicted octanol–water partition coefficient (Wildman–Crippen LogP) is 3.23. The zero-order valence-electron chi connectivity index (χ0n) is 10.0. The van der Waals surface area contributed by atoms with Gasteiger partial charge in [0.15, 0.2) is 0 Å². The first-order valence-electron chi connectivity index (χ1n) is 6.05. The van der Waals surface area contributed by atoms with Crippen LogP contribution < -0.4 is 5.73 Å². The average molecular weight is 331 g/mol. The minimum Gasteiger partial charge on any atom is -0.392 e. The maximum atomic E-state index is 13.0. The van der Waals surface area contributed by atoms with Crippen molar-refractivity contribution in [1.82, 2.24) is 4.90 Å². The summed E-state index contributed by atoms with van der Waals surface area (Å²) in [5.41, 5.74) is 6.86. The Hall–Kier alpha value is -0.520.